The molecule has 3 aliphatic heterocycles. The fraction of sp³-hybridized carbons (Fsp3) is 0.500. The second-order valence-electron chi connectivity index (χ2n) is 10.8. The molecule has 3 aliphatic rings. The number of aryl methyl sites for hydroxylation is 1. The fourth-order valence-electron chi connectivity index (χ4n) is 5.35. The molecule has 14 nitrogen and oxygen atoms in total. The highest BCUT2D eigenvalue weighted by Gasteiger charge is 2.43. The summed E-state index contributed by atoms with van der Waals surface area (Å²) in [4.78, 5) is 67.6. The highest BCUT2D eigenvalue weighted by molar-refractivity contribution is 6.00. The van der Waals surface area contributed by atoms with E-state index in [2.05, 4.69) is 4.90 Å². The first kappa shape index (κ1) is 33.0. The first-order chi connectivity index (χ1) is 22.1. The van der Waals surface area contributed by atoms with Crippen molar-refractivity contribution in [3.8, 4) is 5.75 Å². The lowest BCUT2D eigenvalue weighted by Crippen LogP contribution is -2.49. The summed E-state index contributed by atoms with van der Waals surface area (Å²) in [6, 6.07) is 2.66. The highest BCUT2D eigenvalue weighted by atomic mass is 19.1. The molecule has 46 heavy (non-hydrogen) atoms. The summed E-state index contributed by atoms with van der Waals surface area (Å²) in [5.74, 6) is -4.22. The van der Waals surface area contributed by atoms with Gasteiger partial charge in [-0.25, -0.2) is 18.4 Å². The van der Waals surface area contributed by atoms with Crippen molar-refractivity contribution in [3.63, 3.8) is 0 Å². The van der Waals surface area contributed by atoms with E-state index in [1.165, 1.54) is 21.7 Å². The van der Waals surface area contributed by atoms with Gasteiger partial charge in [-0.15, -0.1) is 0 Å². The number of amides is 1. The molecule has 2 aromatic rings. The van der Waals surface area contributed by atoms with E-state index >= 15 is 0 Å². The lowest BCUT2D eigenvalue weighted by atomic mass is 10.0. The van der Waals surface area contributed by atoms with Crippen LogP contribution in [0.25, 0.3) is 0 Å². The Labute approximate surface area is 261 Å². The van der Waals surface area contributed by atoms with E-state index in [9.17, 15) is 32.8 Å². The number of ketones is 1. The van der Waals surface area contributed by atoms with Gasteiger partial charge in [0.2, 0.25) is 18.0 Å². The normalized spacial score (nSPS) is 19.3. The summed E-state index contributed by atoms with van der Waals surface area (Å²) in [5.41, 5.74) is -1.40. The van der Waals surface area contributed by atoms with Gasteiger partial charge in [0.15, 0.2) is 24.3 Å². The maximum atomic E-state index is 14.1. The number of rotatable bonds is 12. The number of carbonyl (C=O) groups excluding carboxylic acids is 4. The number of Topliss-reactive ketones (excluding diaryl/α,β-unsaturated/α-hetero) is 1. The van der Waals surface area contributed by atoms with E-state index in [1.807, 2.05) is 0 Å². The Kier molecular flexibility index (Phi) is 10.6. The van der Waals surface area contributed by atoms with Crippen LogP contribution in [0.3, 0.4) is 0 Å². The van der Waals surface area contributed by atoms with Crippen molar-refractivity contribution < 1.29 is 56.4 Å². The molecule has 5 rings (SSSR count). The van der Waals surface area contributed by atoms with Crippen LogP contribution in [0, 0.1) is 11.6 Å². The minimum absolute atomic E-state index is 0.0749. The fourth-order valence-corrected chi connectivity index (χ4v) is 5.35. The molecule has 1 amide bonds. The largest absolute Gasteiger partial charge is 0.511 e. The van der Waals surface area contributed by atoms with Crippen LogP contribution in [0.15, 0.2) is 29.2 Å². The molecule has 0 N–H and O–H groups in total. The molecule has 0 saturated carbocycles. The molecular weight excluding hydrogens is 616 g/mol. The molecular formula is C30H33F2N3O11. The molecule has 2 fully saturated rings. The SMILES string of the molecule is C[C@H]1CO[C@@H]2Cn3cc(C(=O)CCc4ccc(F)cc4F)c(=O)c(OCOC(=O)OCC(=O)OCCN4CCOCC4)c3C(=O)N12. The summed E-state index contributed by atoms with van der Waals surface area (Å²) < 4.78 is 59.8. The van der Waals surface area contributed by atoms with Crippen molar-refractivity contribution in [3.05, 3.63) is 63.1 Å². The number of hydrogen-bond donors (Lipinski definition) is 0. The Hall–Kier alpha value is -4.41. The van der Waals surface area contributed by atoms with Crippen molar-refractivity contribution in [1.29, 1.82) is 0 Å². The third kappa shape index (κ3) is 7.68. The standard InChI is InChI=1S/C30H33F2N3O11/c1-18-15-43-24-14-34-13-21(23(36)5-3-19-2-4-20(31)12-22(19)32)27(38)28(26(34)29(39)35(18)24)45-17-46-30(40)44-16-25(37)42-11-8-33-6-9-41-10-7-33/h2,4,12-13,18,24H,3,5-11,14-17H2,1H3/t18-,24+/m0/s1. The first-order valence-corrected chi connectivity index (χ1v) is 14.7. The Balaban J connectivity index is 1.23. The summed E-state index contributed by atoms with van der Waals surface area (Å²) in [6.07, 6.45) is -1.17. The third-order valence-electron chi connectivity index (χ3n) is 7.74. The Morgan fingerprint density at radius 3 is 2.61 bits per heavy atom. The van der Waals surface area contributed by atoms with Gasteiger partial charge in [0, 0.05) is 38.3 Å². The highest BCUT2D eigenvalue weighted by Crippen LogP contribution is 2.30. The number of halogens is 2. The minimum atomic E-state index is -1.30. The monoisotopic (exact) mass is 649 g/mol. The van der Waals surface area contributed by atoms with Crippen LogP contribution < -0.4 is 10.2 Å². The summed E-state index contributed by atoms with van der Waals surface area (Å²) >= 11 is 0. The van der Waals surface area contributed by atoms with Gasteiger partial charge in [-0.1, -0.05) is 6.07 Å². The number of benzene rings is 1. The molecule has 1 aromatic heterocycles. The molecule has 0 bridgehead atoms. The molecule has 2 saturated heterocycles. The van der Waals surface area contributed by atoms with Gasteiger partial charge in [0.25, 0.3) is 5.91 Å². The van der Waals surface area contributed by atoms with Crippen LogP contribution in [0.1, 0.15) is 39.8 Å². The number of aromatic nitrogens is 1. The molecule has 248 valence electrons. The zero-order chi connectivity index (χ0) is 32.8. The van der Waals surface area contributed by atoms with Crippen LogP contribution >= 0.6 is 0 Å². The number of fused-ring (bicyclic) bond motifs is 2. The molecule has 0 radical (unpaired) electrons. The van der Waals surface area contributed by atoms with Crippen molar-refractivity contribution in [2.24, 2.45) is 0 Å². The zero-order valence-corrected chi connectivity index (χ0v) is 25.0. The smallest absolute Gasteiger partial charge is 0.462 e. The topological polar surface area (TPSA) is 152 Å². The van der Waals surface area contributed by atoms with Gasteiger partial charge >= 0.3 is 12.1 Å². The molecule has 0 unspecified atom stereocenters. The summed E-state index contributed by atoms with van der Waals surface area (Å²) in [7, 11) is 0. The van der Waals surface area contributed by atoms with Crippen LogP contribution in [0.5, 0.6) is 5.75 Å². The first-order valence-electron chi connectivity index (χ1n) is 14.7. The third-order valence-corrected chi connectivity index (χ3v) is 7.74. The lowest BCUT2D eigenvalue weighted by Gasteiger charge is -2.34. The van der Waals surface area contributed by atoms with E-state index in [0.717, 1.165) is 19.2 Å². The summed E-state index contributed by atoms with van der Waals surface area (Å²) in [5, 5.41) is 0. The average Bonchev–Trinajstić information content (AvgIpc) is 3.41. The molecule has 16 heteroatoms. The molecule has 1 aromatic carbocycles. The number of nitrogens with zero attached hydrogens (tertiary/aromatic N) is 3. The second-order valence-corrected chi connectivity index (χ2v) is 10.8. The number of carbonyl (C=O) groups is 4. The molecule has 2 atom stereocenters. The van der Waals surface area contributed by atoms with Gasteiger partial charge in [-0.3, -0.25) is 19.3 Å². The van der Waals surface area contributed by atoms with Crippen LogP contribution in [0.4, 0.5) is 13.6 Å². The number of morpholine rings is 1. The van der Waals surface area contributed by atoms with Crippen molar-refractivity contribution in [2.45, 2.75) is 38.6 Å². The maximum Gasteiger partial charge on any atom is 0.511 e. The van der Waals surface area contributed by atoms with E-state index in [4.69, 9.17) is 28.4 Å². The molecule has 0 aliphatic carbocycles. The average molecular weight is 650 g/mol. The van der Waals surface area contributed by atoms with Crippen LogP contribution in [0.2, 0.25) is 0 Å². The molecule has 4 heterocycles. The number of hydrogen-bond acceptors (Lipinski definition) is 12. The number of esters is 1. The van der Waals surface area contributed by atoms with Crippen LogP contribution in [-0.2, 0) is 41.4 Å². The predicted octanol–water partition coefficient (Wildman–Crippen LogP) is 1.51. The van der Waals surface area contributed by atoms with Gasteiger partial charge < -0.3 is 37.9 Å². The van der Waals surface area contributed by atoms with E-state index in [0.29, 0.717) is 25.8 Å². The van der Waals surface area contributed by atoms with Gasteiger partial charge in [0.1, 0.15) is 18.2 Å². The minimum Gasteiger partial charge on any atom is -0.462 e. The van der Waals surface area contributed by atoms with Crippen molar-refractivity contribution in [2.75, 3.05) is 59.5 Å². The molecule has 0 spiro atoms. The Morgan fingerprint density at radius 1 is 1.07 bits per heavy atom. The number of ether oxygens (including phenoxy) is 6. The van der Waals surface area contributed by atoms with Gasteiger partial charge in [-0.05, 0) is 25.0 Å². The van der Waals surface area contributed by atoms with Crippen molar-refractivity contribution in [1.82, 2.24) is 14.4 Å². The summed E-state index contributed by atoms with van der Waals surface area (Å²) in [6.45, 7) is 3.70. The predicted molar refractivity (Wildman–Crippen MR) is 151 cm³/mol. The maximum absolute atomic E-state index is 14.1. The second kappa shape index (κ2) is 14.8. The van der Waals surface area contributed by atoms with E-state index in [-0.39, 0.29) is 55.5 Å². The van der Waals surface area contributed by atoms with Gasteiger partial charge in [0.05, 0.1) is 38.0 Å². The van der Waals surface area contributed by atoms with Crippen LogP contribution in [-0.4, -0.2) is 110 Å². The van der Waals surface area contributed by atoms with E-state index in [1.54, 1.807) is 6.92 Å². The van der Waals surface area contributed by atoms with E-state index < -0.39 is 66.3 Å². The van der Waals surface area contributed by atoms with Crippen molar-refractivity contribution >= 4 is 23.8 Å². The Morgan fingerprint density at radius 2 is 1.85 bits per heavy atom. The van der Waals surface area contributed by atoms with Gasteiger partial charge in [-0.2, -0.15) is 0 Å². The zero-order valence-electron chi connectivity index (χ0n) is 25.0. The Bertz CT molecular complexity index is 1540. The quantitative estimate of drug-likeness (QED) is 0.186. The lowest BCUT2D eigenvalue weighted by molar-refractivity contribution is -0.148. The number of pyridine rings is 1.